The standard InChI is InChI=1S/C20H23N3O3/c1-14-11-16(19(24)25)13-23(12-14)20(26)22-18(15-7-3-2-4-8-15)17-9-5-6-10-21-17/h2-10,14,16,18H,11-13H2,1H3,(H,22,26)(H,24,25). The second kappa shape index (κ2) is 7.99. The number of aromatic nitrogens is 1. The van der Waals surface area contributed by atoms with Crippen molar-refractivity contribution in [3.05, 3.63) is 66.0 Å². The number of carboxylic acids is 1. The highest BCUT2D eigenvalue weighted by Gasteiger charge is 2.33. The summed E-state index contributed by atoms with van der Waals surface area (Å²) in [5.74, 6) is -1.21. The molecule has 3 unspecified atom stereocenters. The van der Waals surface area contributed by atoms with Crippen molar-refractivity contribution in [2.45, 2.75) is 19.4 Å². The molecule has 1 fully saturated rings. The highest BCUT2D eigenvalue weighted by molar-refractivity contribution is 5.77. The number of urea groups is 1. The van der Waals surface area contributed by atoms with Crippen molar-refractivity contribution >= 4 is 12.0 Å². The van der Waals surface area contributed by atoms with Crippen LogP contribution in [-0.4, -0.2) is 40.1 Å². The lowest BCUT2D eigenvalue weighted by molar-refractivity contribution is -0.143. The molecule has 3 atom stereocenters. The SMILES string of the molecule is CC1CC(C(=O)O)CN(C(=O)NC(c2ccccc2)c2ccccn2)C1. The molecule has 1 aliphatic rings. The Balaban J connectivity index is 1.80. The number of aliphatic carboxylic acids is 1. The highest BCUT2D eigenvalue weighted by Crippen LogP contribution is 2.24. The fraction of sp³-hybridized carbons (Fsp3) is 0.350. The van der Waals surface area contributed by atoms with Crippen LogP contribution in [0.2, 0.25) is 0 Å². The summed E-state index contributed by atoms with van der Waals surface area (Å²) in [6.07, 6.45) is 2.29. The molecule has 0 spiro atoms. The quantitative estimate of drug-likeness (QED) is 0.885. The molecule has 1 aliphatic heterocycles. The normalized spacial score (nSPS) is 21.0. The van der Waals surface area contributed by atoms with Crippen LogP contribution in [0.5, 0.6) is 0 Å². The molecule has 2 amide bonds. The Morgan fingerprint density at radius 3 is 2.54 bits per heavy atom. The third-order valence-corrected chi connectivity index (χ3v) is 4.68. The van der Waals surface area contributed by atoms with Crippen LogP contribution in [0.3, 0.4) is 0 Å². The zero-order valence-corrected chi connectivity index (χ0v) is 14.7. The van der Waals surface area contributed by atoms with Crippen LogP contribution in [0, 0.1) is 11.8 Å². The van der Waals surface area contributed by atoms with Gasteiger partial charge in [0.2, 0.25) is 0 Å². The summed E-state index contributed by atoms with van der Waals surface area (Å²) in [4.78, 5) is 30.2. The van der Waals surface area contributed by atoms with Crippen molar-refractivity contribution < 1.29 is 14.7 Å². The first-order chi connectivity index (χ1) is 12.5. The van der Waals surface area contributed by atoms with Gasteiger partial charge in [-0.25, -0.2) is 4.79 Å². The summed E-state index contributed by atoms with van der Waals surface area (Å²) in [5.41, 5.74) is 1.67. The molecule has 26 heavy (non-hydrogen) atoms. The third kappa shape index (κ3) is 4.20. The fourth-order valence-electron chi connectivity index (χ4n) is 3.43. The van der Waals surface area contributed by atoms with Gasteiger partial charge in [0.1, 0.15) is 0 Å². The number of carbonyl (C=O) groups is 2. The Morgan fingerprint density at radius 2 is 1.88 bits per heavy atom. The molecular formula is C20H23N3O3. The van der Waals surface area contributed by atoms with Crippen molar-refractivity contribution in [2.75, 3.05) is 13.1 Å². The van der Waals surface area contributed by atoms with Gasteiger partial charge in [-0.1, -0.05) is 43.3 Å². The van der Waals surface area contributed by atoms with Gasteiger partial charge < -0.3 is 15.3 Å². The first-order valence-electron chi connectivity index (χ1n) is 8.78. The highest BCUT2D eigenvalue weighted by atomic mass is 16.4. The summed E-state index contributed by atoms with van der Waals surface area (Å²) < 4.78 is 0. The molecule has 1 aromatic heterocycles. The zero-order chi connectivity index (χ0) is 18.5. The molecule has 6 heteroatoms. The number of nitrogens with zero attached hydrogens (tertiary/aromatic N) is 2. The van der Waals surface area contributed by atoms with Gasteiger partial charge in [-0.2, -0.15) is 0 Å². The number of nitrogens with one attached hydrogen (secondary N) is 1. The average molecular weight is 353 g/mol. The van der Waals surface area contributed by atoms with Gasteiger partial charge in [0.25, 0.3) is 0 Å². The number of benzene rings is 1. The molecule has 2 N–H and O–H groups in total. The number of carbonyl (C=O) groups excluding carboxylic acids is 1. The smallest absolute Gasteiger partial charge is 0.318 e. The minimum Gasteiger partial charge on any atom is -0.481 e. The van der Waals surface area contributed by atoms with E-state index in [9.17, 15) is 14.7 Å². The van der Waals surface area contributed by atoms with Crippen LogP contribution in [-0.2, 0) is 4.79 Å². The number of hydrogen-bond donors (Lipinski definition) is 2. The minimum atomic E-state index is -0.848. The maximum atomic E-state index is 12.9. The summed E-state index contributed by atoms with van der Waals surface area (Å²) in [5, 5.41) is 12.4. The molecule has 1 saturated heterocycles. The van der Waals surface area contributed by atoms with E-state index in [1.54, 1.807) is 11.1 Å². The maximum absolute atomic E-state index is 12.9. The monoisotopic (exact) mass is 353 g/mol. The van der Waals surface area contributed by atoms with Gasteiger partial charge in [0.05, 0.1) is 17.7 Å². The fourth-order valence-corrected chi connectivity index (χ4v) is 3.43. The van der Waals surface area contributed by atoms with E-state index in [0.29, 0.717) is 13.0 Å². The van der Waals surface area contributed by atoms with Crippen molar-refractivity contribution in [3.8, 4) is 0 Å². The van der Waals surface area contributed by atoms with E-state index in [2.05, 4.69) is 10.3 Å². The number of amides is 2. The van der Waals surface area contributed by atoms with Crippen molar-refractivity contribution in [2.24, 2.45) is 11.8 Å². The molecule has 6 nitrogen and oxygen atoms in total. The number of pyridine rings is 1. The molecule has 136 valence electrons. The lowest BCUT2D eigenvalue weighted by Gasteiger charge is -2.35. The topological polar surface area (TPSA) is 82.5 Å². The summed E-state index contributed by atoms with van der Waals surface area (Å²) in [6.45, 7) is 2.76. The number of rotatable bonds is 4. The van der Waals surface area contributed by atoms with Gasteiger partial charge in [-0.05, 0) is 30.0 Å². The summed E-state index contributed by atoms with van der Waals surface area (Å²) in [6, 6.07) is 14.6. The van der Waals surface area contributed by atoms with Crippen LogP contribution in [0.1, 0.15) is 30.6 Å². The van der Waals surface area contributed by atoms with E-state index in [1.807, 2.05) is 55.5 Å². The number of likely N-dealkylation sites (tertiary alicyclic amines) is 1. The molecule has 3 rings (SSSR count). The molecule has 0 bridgehead atoms. The largest absolute Gasteiger partial charge is 0.481 e. The Labute approximate surface area is 152 Å². The molecule has 1 aromatic carbocycles. The van der Waals surface area contributed by atoms with E-state index < -0.39 is 11.9 Å². The second-order valence-corrected chi connectivity index (χ2v) is 6.83. The number of piperidine rings is 1. The Hall–Kier alpha value is -2.89. The zero-order valence-electron chi connectivity index (χ0n) is 14.7. The predicted octanol–water partition coefficient (Wildman–Crippen LogP) is 2.92. The van der Waals surface area contributed by atoms with Crippen LogP contribution in [0.25, 0.3) is 0 Å². The summed E-state index contributed by atoms with van der Waals surface area (Å²) >= 11 is 0. The van der Waals surface area contributed by atoms with Crippen LogP contribution >= 0.6 is 0 Å². The van der Waals surface area contributed by atoms with Crippen molar-refractivity contribution in [3.63, 3.8) is 0 Å². The Kier molecular flexibility index (Phi) is 5.51. The van der Waals surface area contributed by atoms with E-state index >= 15 is 0 Å². The second-order valence-electron chi connectivity index (χ2n) is 6.83. The molecular weight excluding hydrogens is 330 g/mol. The molecule has 2 aromatic rings. The van der Waals surface area contributed by atoms with Gasteiger partial charge in [-0.3, -0.25) is 9.78 Å². The minimum absolute atomic E-state index is 0.153. The number of carboxylic acid groups (broad SMARTS) is 1. The van der Waals surface area contributed by atoms with E-state index in [4.69, 9.17) is 0 Å². The summed E-state index contributed by atoms with van der Waals surface area (Å²) in [7, 11) is 0. The van der Waals surface area contributed by atoms with E-state index in [0.717, 1.165) is 11.3 Å². The van der Waals surface area contributed by atoms with Crippen molar-refractivity contribution in [1.29, 1.82) is 0 Å². The third-order valence-electron chi connectivity index (χ3n) is 4.68. The predicted molar refractivity (Wildman–Crippen MR) is 97.5 cm³/mol. The number of hydrogen-bond acceptors (Lipinski definition) is 3. The van der Waals surface area contributed by atoms with Gasteiger partial charge >= 0.3 is 12.0 Å². The lowest BCUT2D eigenvalue weighted by atomic mass is 9.91. The van der Waals surface area contributed by atoms with Gasteiger partial charge in [0, 0.05) is 19.3 Å². The lowest BCUT2D eigenvalue weighted by Crippen LogP contribution is -2.50. The maximum Gasteiger partial charge on any atom is 0.318 e. The molecule has 0 saturated carbocycles. The average Bonchev–Trinajstić information content (AvgIpc) is 2.66. The van der Waals surface area contributed by atoms with Crippen LogP contribution in [0.15, 0.2) is 54.7 Å². The first-order valence-corrected chi connectivity index (χ1v) is 8.78. The van der Waals surface area contributed by atoms with Crippen molar-refractivity contribution in [1.82, 2.24) is 15.2 Å². The molecule has 2 heterocycles. The Bertz CT molecular complexity index is 712. The first kappa shape index (κ1) is 17.9. The van der Waals surface area contributed by atoms with Crippen LogP contribution < -0.4 is 5.32 Å². The van der Waals surface area contributed by atoms with E-state index in [-0.39, 0.29) is 24.5 Å². The van der Waals surface area contributed by atoms with E-state index in [1.165, 1.54) is 0 Å². The van der Waals surface area contributed by atoms with Gasteiger partial charge in [0.15, 0.2) is 0 Å². The molecule has 0 radical (unpaired) electrons. The van der Waals surface area contributed by atoms with Crippen LogP contribution in [0.4, 0.5) is 4.79 Å². The molecule has 0 aliphatic carbocycles. The van der Waals surface area contributed by atoms with Gasteiger partial charge in [-0.15, -0.1) is 0 Å². The Morgan fingerprint density at radius 1 is 1.15 bits per heavy atom.